The van der Waals surface area contributed by atoms with Gasteiger partial charge in [-0.3, -0.25) is 9.59 Å². The third kappa shape index (κ3) is 8.06. The maximum Gasteiger partial charge on any atom is 0.322 e. The number of carboxylic acids is 1. The molecule has 40 heavy (non-hydrogen) atoms. The zero-order chi connectivity index (χ0) is 29.3. The summed E-state index contributed by atoms with van der Waals surface area (Å²) in [7, 11) is -1.25. The lowest BCUT2D eigenvalue weighted by Gasteiger charge is -2.26. The predicted octanol–water partition coefficient (Wildman–Crippen LogP) is 4.96. The molecule has 3 aromatic rings. The smallest absolute Gasteiger partial charge is 0.322 e. The molecule has 0 saturated heterocycles. The number of methoxy groups -OCH3 is 2. The van der Waals surface area contributed by atoms with Gasteiger partial charge in [0.2, 0.25) is 15.9 Å². The van der Waals surface area contributed by atoms with Gasteiger partial charge in [-0.15, -0.1) is 0 Å². The van der Waals surface area contributed by atoms with Gasteiger partial charge in [0, 0.05) is 23.4 Å². The second-order valence-corrected chi connectivity index (χ2v) is 11.7. The Balaban J connectivity index is 1.91. The lowest BCUT2D eigenvalue weighted by molar-refractivity contribution is -0.139. The van der Waals surface area contributed by atoms with Gasteiger partial charge in [-0.2, -0.15) is 4.72 Å². The van der Waals surface area contributed by atoms with Crippen molar-refractivity contribution in [1.29, 1.82) is 0 Å². The summed E-state index contributed by atoms with van der Waals surface area (Å²) < 4.78 is 40.8. The molecule has 0 heterocycles. The van der Waals surface area contributed by atoms with Crippen LogP contribution in [0.5, 0.6) is 11.5 Å². The summed E-state index contributed by atoms with van der Waals surface area (Å²) in [5, 5.41) is 13.0. The van der Waals surface area contributed by atoms with Crippen LogP contribution in [0.4, 0.5) is 0 Å². The monoisotopic (exact) mass is 632 g/mol. The first-order chi connectivity index (χ1) is 19.1. The van der Waals surface area contributed by atoms with E-state index in [0.717, 1.165) is 15.6 Å². The number of aliphatic carboxylic acids is 1. The molecule has 2 atom stereocenters. The van der Waals surface area contributed by atoms with Gasteiger partial charge in [0.15, 0.2) is 11.5 Å². The molecular weight excluding hydrogens is 600 g/mol. The maximum absolute atomic E-state index is 13.4. The molecule has 0 aliphatic heterocycles. The highest BCUT2D eigenvalue weighted by molar-refractivity contribution is 9.10. The van der Waals surface area contributed by atoms with Crippen molar-refractivity contribution in [1.82, 2.24) is 10.0 Å². The van der Waals surface area contributed by atoms with Gasteiger partial charge in [0.1, 0.15) is 6.04 Å². The van der Waals surface area contributed by atoms with Gasteiger partial charge in [-0.25, -0.2) is 8.42 Å². The molecule has 2 unspecified atom stereocenters. The molecule has 0 saturated carbocycles. The van der Waals surface area contributed by atoms with E-state index in [-0.39, 0.29) is 17.2 Å². The van der Waals surface area contributed by atoms with Crippen molar-refractivity contribution in [3.63, 3.8) is 0 Å². The van der Waals surface area contributed by atoms with Gasteiger partial charge in [-0.05, 0) is 65.9 Å². The van der Waals surface area contributed by atoms with Crippen molar-refractivity contribution < 1.29 is 32.6 Å². The highest BCUT2D eigenvalue weighted by Gasteiger charge is 2.34. The molecule has 3 N–H and O–H groups in total. The summed E-state index contributed by atoms with van der Waals surface area (Å²) in [5.74, 6) is -1.37. The predicted molar refractivity (Wildman–Crippen MR) is 156 cm³/mol. The van der Waals surface area contributed by atoms with E-state index in [0.29, 0.717) is 36.4 Å². The molecule has 0 spiro atoms. The summed E-state index contributed by atoms with van der Waals surface area (Å²) >= 11 is 3.40. The maximum atomic E-state index is 13.4. The van der Waals surface area contributed by atoms with E-state index >= 15 is 0 Å². The topological polar surface area (TPSA) is 131 Å². The fourth-order valence-electron chi connectivity index (χ4n) is 4.29. The van der Waals surface area contributed by atoms with Crippen LogP contribution in [0.15, 0.2) is 76.1 Å². The van der Waals surface area contributed by atoms with Crippen molar-refractivity contribution >= 4 is 37.8 Å². The molecule has 9 nitrogen and oxygen atoms in total. The Morgan fingerprint density at radius 1 is 0.925 bits per heavy atom. The van der Waals surface area contributed by atoms with Crippen LogP contribution in [-0.4, -0.2) is 52.2 Å². The molecule has 3 aromatic carbocycles. The minimum Gasteiger partial charge on any atom is -0.493 e. The normalized spacial score (nSPS) is 12.8. The van der Waals surface area contributed by atoms with E-state index < -0.39 is 28.0 Å². The minimum atomic E-state index is -4.20. The van der Waals surface area contributed by atoms with Crippen LogP contribution < -0.4 is 19.5 Å². The Morgan fingerprint density at radius 3 is 2.08 bits per heavy atom. The minimum absolute atomic E-state index is 0.0547. The molecule has 0 aromatic heterocycles. The Kier molecular flexibility index (Phi) is 11.1. The Labute approximate surface area is 243 Å². The second-order valence-electron chi connectivity index (χ2n) is 9.04. The van der Waals surface area contributed by atoms with Crippen LogP contribution in [0.25, 0.3) is 11.1 Å². The van der Waals surface area contributed by atoms with E-state index in [1.54, 1.807) is 37.3 Å². The molecule has 214 valence electrons. The van der Waals surface area contributed by atoms with E-state index in [2.05, 4.69) is 26.0 Å². The highest BCUT2D eigenvalue weighted by Crippen LogP contribution is 2.34. The fourth-order valence-corrected chi connectivity index (χ4v) is 5.79. The molecule has 11 heteroatoms. The molecule has 3 rings (SSSR count). The largest absolute Gasteiger partial charge is 0.493 e. The van der Waals surface area contributed by atoms with Crippen molar-refractivity contribution in [2.45, 2.75) is 43.0 Å². The summed E-state index contributed by atoms with van der Waals surface area (Å²) in [4.78, 5) is 24.1. The Bertz CT molecular complexity index is 1410. The lowest BCUT2D eigenvalue weighted by Crippen LogP contribution is -2.45. The third-order valence-electron chi connectivity index (χ3n) is 6.46. The second kappa shape index (κ2) is 14.3. The number of benzene rings is 3. The van der Waals surface area contributed by atoms with Crippen molar-refractivity contribution in [2.75, 3.05) is 20.8 Å². The van der Waals surface area contributed by atoms with E-state index in [1.807, 2.05) is 24.3 Å². The number of hydrogen-bond acceptors (Lipinski definition) is 6. The number of sulfonamides is 1. The van der Waals surface area contributed by atoms with Crippen LogP contribution >= 0.6 is 15.9 Å². The average molecular weight is 634 g/mol. The number of carbonyl (C=O) groups excluding carboxylic acids is 1. The molecule has 0 aliphatic rings. The van der Waals surface area contributed by atoms with Crippen molar-refractivity contribution in [3.8, 4) is 22.6 Å². The standard InChI is InChI=1S/C29H33BrN2O7S/c1-4-27(33)31-17-5-6-24(21-11-16-25(38-2)26(18-21)39-3)28(29(34)35)32-40(36,37)23-14-9-20(10-15-23)19-7-12-22(30)13-8-19/h7-16,18,24,28,32H,4-6,17H2,1-3H3,(H,31,33)(H,34,35). The number of hydrogen-bond donors (Lipinski definition) is 3. The van der Waals surface area contributed by atoms with Crippen LogP contribution in [-0.2, 0) is 19.6 Å². The molecular formula is C29H33BrN2O7S. The quantitative estimate of drug-likeness (QED) is 0.214. The number of nitrogens with one attached hydrogen (secondary N) is 2. The summed E-state index contributed by atoms with van der Waals surface area (Å²) in [6.07, 6.45) is 1.04. The molecule has 0 radical (unpaired) electrons. The zero-order valence-corrected chi connectivity index (χ0v) is 24.9. The fraction of sp³-hybridized carbons (Fsp3) is 0.310. The highest BCUT2D eigenvalue weighted by atomic mass is 79.9. The number of ether oxygens (including phenoxy) is 2. The van der Waals surface area contributed by atoms with Gasteiger partial charge >= 0.3 is 5.97 Å². The van der Waals surface area contributed by atoms with Crippen LogP contribution in [0, 0.1) is 0 Å². The van der Waals surface area contributed by atoms with Crippen molar-refractivity contribution in [2.24, 2.45) is 0 Å². The summed E-state index contributed by atoms with van der Waals surface area (Å²) in [5.41, 5.74) is 2.28. The van der Waals surface area contributed by atoms with E-state index in [4.69, 9.17) is 9.47 Å². The van der Waals surface area contributed by atoms with Gasteiger partial charge in [-0.1, -0.05) is 53.2 Å². The lowest BCUT2D eigenvalue weighted by atomic mass is 9.87. The number of rotatable bonds is 14. The molecule has 1 amide bonds. The average Bonchev–Trinajstić information content (AvgIpc) is 2.96. The Morgan fingerprint density at radius 2 is 1.52 bits per heavy atom. The summed E-state index contributed by atoms with van der Waals surface area (Å²) in [6.45, 7) is 2.06. The molecule has 0 aliphatic carbocycles. The number of carboxylic acid groups (broad SMARTS) is 1. The van der Waals surface area contributed by atoms with Gasteiger partial charge in [0.05, 0.1) is 19.1 Å². The molecule has 0 fully saturated rings. The first-order valence-corrected chi connectivity index (χ1v) is 15.0. The number of halogens is 1. The zero-order valence-electron chi connectivity index (χ0n) is 22.5. The summed E-state index contributed by atoms with van der Waals surface area (Å²) in [6, 6.07) is 17.3. The first kappa shape index (κ1) is 31.1. The van der Waals surface area contributed by atoms with Gasteiger partial charge in [0.25, 0.3) is 0 Å². The van der Waals surface area contributed by atoms with Crippen molar-refractivity contribution in [3.05, 3.63) is 76.8 Å². The number of amides is 1. The van der Waals surface area contributed by atoms with Crippen LogP contribution in [0.3, 0.4) is 0 Å². The first-order valence-electron chi connectivity index (χ1n) is 12.7. The van der Waals surface area contributed by atoms with Crippen LogP contribution in [0.1, 0.15) is 37.7 Å². The van der Waals surface area contributed by atoms with E-state index in [1.165, 1.54) is 26.4 Å². The van der Waals surface area contributed by atoms with Gasteiger partial charge < -0.3 is 19.9 Å². The molecule has 0 bridgehead atoms. The third-order valence-corrected chi connectivity index (χ3v) is 8.45. The Hall–Kier alpha value is -3.41. The van der Waals surface area contributed by atoms with Crippen LogP contribution in [0.2, 0.25) is 0 Å². The number of carbonyl (C=O) groups is 2. The SMILES string of the molecule is CCC(=O)NCCCC(c1ccc(OC)c(OC)c1)C(NS(=O)(=O)c1ccc(-c2ccc(Br)cc2)cc1)C(=O)O. The van der Waals surface area contributed by atoms with E-state index in [9.17, 15) is 23.1 Å².